The number of imidazole rings is 1. The first-order valence-corrected chi connectivity index (χ1v) is 9.56. The van der Waals surface area contributed by atoms with Crippen LogP contribution in [0.2, 0.25) is 0 Å². The highest BCUT2D eigenvalue weighted by Crippen LogP contribution is 2.26. The summed E-state index contributed by atoms with van der Waals surface area (Å²) >= 11 is 0. The third-order valence-electron chi connectivity index (χ3n) is 4.24. The molecule has 4 rings (SSSR count). The fourth-order valence-electron chi connectivity index (χ4n) is 2.96. The Hall–Kier alpha value is -3.11. The molecule has 0 unspecified atom stereocenters. The van der Waals surface area contributed by atoms with Crippen LogP contribution in [0, 0.1) is 6.92 Å². The van der Waals surface area contributed by atoms with Gasteiger partial charge in [-0.1, -0.05) is 6.07 Å². The maximum Gasteiger partial charge on any atom is 0.255 e. The van der Waals surface area contributed by atoms with E-state index in [1.807, 2.05) is 17.6 Å². The number of aryl methyl sites for hydroxylation is 1. The number of ether oxygens (including phenoxy) is 1. The standard InChI is InChI=1S/C17H16N6O3S/c1-10-21-13-8-20-17-12(4-5-14(22-17)26-2)16(13)23(10)9-11-3-6-15(19-7-11)27(18,24)25/h3-8H,9H2,1-2H3,(H2,18,24,25). The summed E-state index contributed by atoms with van der Waals surface area (Å²) in [6.45, 7) is 2.36. The van der Waals surface area contributed by atoms with Gasteiger partial charge in [0.2, 0.25) is 5.88 Å². The van der Waals surface area contributed by atoms with E-state index in [2.05, 4.69) is 19.9 Å². The Morgan fingerprint density at radius 3 is 2.59 bits per heavy atom. The summed E-state index contributed by atoms with van der Waals surface area (Å²) in [6, 6.07) is 6.75. The summed E-state index contributed by atoms with van der Waals surface area (Å²) in [5, 5.41) is 5.79. The second kappa shape index (κ2) is 6.25. The van der Waals surface area contributed by atoms with Crippen LogP contribution >= 0.6 is 0 Å². The quantitative estimate of drug-likeness (QED) is 0.563. The highest BCUT2D eigenvalue weighted by Gasteiger charge is 2.14. The number of rotatable bonds is 4. The van der Waals surface area contributed by atoms with Crippen molar-refractivity contribution in [3.8, 4) is 5.88 Å². The molecule has 0 bridgehead atoms. The largest absolute Gasteiger partial charge is 0.481 e. The molecule has 0 fully saturated rings. The maximum absolute atomic E-state index is 11.4. The Balaban J connectivity index is 1.83. The van der Waals surface area contributed by atoms with Gasteiger partial charge in [0.25, 0.3) is 10.0 Å². The zero-order chi connectivity index (χ0) is 19.2. The van der Waals surface area contributed by atoms with Gasteiger partial charge in [0, 0.05) is 17.6 Å². The molecule has 0 aliphatic rings. The molecule has 138 valence electrons. The monoisotopic (exact) mass is 384 g/mol. The topological polar surface area (TPSA) is 126 Å². The minimum Gasteiger partial charge on any atom is -0.481 e. The lowest BCUT2D eigenvalue weighted by molar-refractivity contribution is 0.399. The third-order valence-corrected chi connectivity index (χ3v) is 5.06. The van der Waals surface area contributed by atoms with Gasteiger partial charge in [-0.15, -0.1) is 0 Å². The fourth-order valence-corrected chi connectivity index (χ4v) is 3.42. The normalized spacial score (nSPS) is 12.0. The zero-order valence-electron chi connectivity index (χ0n) is 14.6. The van der Waals surface area contributed by atoms with Gasteiger partial charge >= 0.3 is 0 Å². The van der Waals surface area contributed by atoms with Gasteiger partial charge in [0.15, 0.2) is 10.7 Å². The van der Waals surface area contributed by atoms with E-state index < -0.39 is 10.0 Å². The second-order valence-corrected chi connectivity index (χ2v) is 7.52. The van der Waals surface area contributed by atoms with Gasteiger partial charge in [-0.2, -0.15) is 4.98 Å². The lowest BCUT2D eigenvalue weighted by Crippen LogP contribution is -2.14. The first kappa shape index (κ1) is 17.3. The summed E-state index contributed by atoms with van der Waals surface area (Å²) in [5.41, 5.74) is 3.02. The molecule has 4 aromatic heterocycles. The number of hydrogen-bond acceptors (Lipinski definition) is 7. The Bertz CT molecular complexity index is 1270. The van der Waals surface area contributed by atoms with E-state index in [1.54, 1.807) is 25.4 Å². The first-order valence-electron chi connectivity index (χ1n) is 8.01. The van der Waals surface area contributed by atoms with E-state index in [0.717, 1.165) is 27.8 Å². The number of methoxy groups -OCH3 is 1. The van der Waals surface area contributed by atoms with Crippen LogP contribution in [0.5, 0.6) is 5.88 Å². The number of aromatic nitrogens is 5. The fraction of sp³-hybridized carbons (Fsp3) is 0.176. The predicted octanol–water partition coefficient (Wildman–Crippen LogP) is 1.39. The molecule has 0 radical (unpaired) electrons. The lowest BCUT2D eigenvalue weighted by Gasteiger charge is -2.09. The summed E-state index contributed by atoms with van der Waals surface area (Å²) in [6.07, 6.45) is 3.17. The zero-order valence-corrected chi connectivity index (χ0v) is 15.4. The van der Waals surface area contributed by atoms with Gasteiger partial charge in [0.05, 0.1) is 25.4 Å². The number of fused-ring (bicyclic) bond motifs is 3. The summed E-state index contributed by atoms with van der Waals surface area (Å²) in [4.78, 5) is 17.2. The molecule has 0 amide bonds. The average molecular weight is 384 g/mol. The van der Waals surface area contributed by atoms with Crippen LogP contribution in [0.3, 0.4) is 0 Å². The molecule has 0 saturated heterocycles. The van der Waals surface area contributed by atoms with Crippen molar-refractivity contribution >= 4 is 32.1 Å². The highest BCUT2D eigenvalue weighted by molar-refractivity contribution is 7.89. The van der Waals surface area contributed by atoms with Crippen LogP contribution in [0.4, 0.5) is 0 Å². The van der Waals surface area contributed by atoms with E-state index in [0.29, 0.717) is 18.1 Å². The van der Waals surface area contributed by atoms with Gasteiger partial charge in [0.1, 0.15) is 11.3 Å². The maximum atomic E-state index is 11.4. The SMILES string of the molecule is COc1ccc2c(ncc3nc(C)n(Cc4ccc(S(N)(=O)=O)nc4)c32)n1. The van der Waals surface area contributed by atoms with E-state index in [9.17, 15) is 8.42 Å². The minimum absolute atomic E-state index is 0.163. The first-order chi connectivity index (χ1) is 12.9. The molecule has 0 spiro atoms. The molecule has 0 saturated carbocycles. The molecule has 0 aliphatic carbocycles. The number of sulfonamides is 1. The number of nitrogens with zero attached hydrogens (tertiary/aromatic N) is 5. The van der Waals surface area contributed by atoms with Gasteiger partial charge in [-0.3, -0.25) is 0 Å². The Morgan fingerprint density at radius 1 is 1.11 bits per heavy atom. The number of hydrogen-bond donors (Lipinski definition) is 1. The van der Waals surface area contributed by atoms with Crippen molar-refractivity contribution in [2.45, 2.75) is 18.5 Å². The molecule has 4 aromatic rings. The molecule has 27 heavy (non-hydrogen) atoms. The molecule has 4 heterocycles. The lowest BCUT2D eigenvalue weighted by atomic mass is 10.2. The molecule has 0 atom stereocenters. The van der Waals surface area contributed by atoms with Crippen LogP contribution in [0.25, 0.3) is 22.1 Å². The van der Waals surface area contributed by atoms with E-state index in [4.69, 9.17) is 9.88 Å². The van der Waals surface area contributed by atoms with Crippen molar-refractivity contribution in [3.63, 3.8) is 0 Å². The molecule has 9 nitrogen and oxygen atoms in total. The van der Waals surface area contributed by atoms with Crippen molar-refractivity contribution in [1.82, 2.24) is 24.5 Å². The van der Waals surface area contributed by atoms with Crippen LogP contribution in [0.1, 0.15) is 11.4 Å². The van der Waals surface area contributed by atoms with Crippen molar-refractivity contribution < 1.29 is 13.2 Å². The smallest absolute Gasteiger partial charge is 0.255 e. The number of pyridine rings is 3. The Kier molecular flexibility index (Phi) is 4.01. The van der Waals surface area contributed by atoms with Gasteiger partial charge < -0.3 is 9.30 Å². The molecule has 2 N–H and O–H groups in total. The van der Waals surface area contributed by atoms with Crippen LogP contribution < -0.4 is 9.88 Å². The van der Waals surface area contributed by atoms with Crippen molar-refractivity contribution in [2.75, 3.05) is 7.11 Å². The molecule has 10 heteroatoms. The van der Waals surface area contributed by atoms with Crippen molar-refractivity contribution in [2.24, 2.45) is 5.14 Å². The molecule has 0 aliphatic heterocycles. The highest BCUT2D eigenvalue weighted by atomic mass is 32.2. The Morgan fingerprint density at radius 2 is 1.93 bits per heavy atom. The Labute approximate surface area is 154 Å². The van der Waals surface area contributed by atoms with Crippen molar-refractivity contribution in [3.05, 3.63) is 48.0 Å². The van der Waals surface area contributed by atoms with E-state index in [1.165, 1.54) is 12.3 Å². The third kappa shape index (κ3) is 3.09. The summed E-state index contributed by atoms with van der Waals surface area (Å²) in [7, 11) is -2.26. The van der Waals surface area contributed by atoms with Crippen LogP contribution in [-0.4, -0.2) is 40.0 Å². The predicted molar refractivity (Wildman–Crippen MR) is 98.8 cm³/mol. The molecule has 0 aromatic carbocycles. The summed E-state index contributed by atoms with van der Waals surface area (Å²) in [5.74, 6) is 1.28. The molecular formula is C17H16N6O3S. The second-order valence-electron chi connectivity index (χ2n) is 6.01. The van der Waals surface area contributed by atoms with E-state index >= 15 is 0 Å². The summed E-state index contributed by atoms with van der Waals surface area (Å²) < 4.78 is 29.9. The number of nitrogens with two attached hydrogens (primary N) is 1. The van der Waals surface area contributed by atoms with Crippen LogP contribution in [-0.2, 0) is 16.6 Å². The molecular weight excluding hydrogens is 368 g/mol. The minimum atomic E-state index is -3.82. The van der Waals surface area contributed by atoms with E-state index in [-0.39, 0.29) is 5.03 Å². The van der Waals surface area contributed by atoms with Crippen LogP contribution in [0.15, 0.2) is 41.7 Å². The number of primary sulfonamides is 1. The average Bonchev–Trinajstić information content (AvgIpc) is 2.96. The van der Waals surface area contributed by atoms with Gasteiger partial charge in [-0.05, 0) is 24.6 Å². The van der Waals surface area contributed by atoms with Gasteiger partial charge in [-0.25, -0.2) is 28.5 Å². The van der Waals surface area contributed by atoms with Crippen molar-refractivity contribution in [1.29, 1.82) is 0 Å².